The highest BCUT2D eigenvalue weighted by Crippen LogP contribution is 2.40. The summed E-state index contributed by atoms with van der Waals surface area (Å²) >= 11 is 0. The maximum absolute atomic E-state index is 14.2. The van der Waals surface area contributed by atoms with Crippen LogP contribution in [0.5, 0.6) is 0 Å². The molecule has 4 rings (SSSR count). The van der Waals surface area contributed by atoms with Gasteiger partial charge in [0.25, 0.3) is 0 Å². The number of fused-ring (bicyclic) bond motifs is 3. The summed E-state index contributed by atoms with van der Waals surface area (Å²) in [5.74, 6) is -1.11. The van der Waals surface area contributed by atoms with Crippen LogP contribution in [0.2, 0.25) is 0 Å². The van der Waals surface area contributed by atoms with Crippen LogP contribution in [0.1, 0.15) is 32.5 Å². The van der Waals surface area contributed by atoms with Gasteiger partial charge in [-0.1, -0.05) is 0 Å². The van der Waals surface area contributed by atoms with Crippen molar-refractivity contribution in [2.45, 2.75) is 32.4 Å². The lowest BCUT2D eigenvalue weighted by atomic mass is 10.1. The van der Waals surface area contributed by atoms with Gasteiger partial charge in [0.05, 0.1) is 42.8 Å². The highest BCUT2D eigenvalue weighted by Gasteiger charge is 2.44. The molecule has 8 nitrogen and oxygen atoms in total. The Balaban J connectivity index is 1.84. The zero-order valence-electron chi connectivity index (χ0n) is 16.6. The van der Waals surface area contributed by atoms with E-state index in [1.54, 1.807) is 42.6 Å². The second kappa shape index (κ2) is 7.14. The largest absolute Gasteiger partial charge is 0.458 e. The van der Waals surface area contributed by atoms with E-state index in [1.807, 2.05) is 0 Å². The molecule has 1 saturated heterocycles. The summed E-state index contributed by atoms with van der Waals surface area (Å²) in [5, 5.41) is 0. The topological polar surface area (TPSA) is 76.9 Å². The number of esters is 1. The molecule has 2 aromatic rings. The van der Waals surface area contributed by atoms with Crippen LogP contribution in [0, 0.1) is 5.82 Å². The summed E-state index contributed by atoms with van der Waals surface area (Å²) < 4.78 is 26.8. The molecule has 3 heterocycles. The van der Waals surface area contributed by atoms with E-state index in [4.69, 9.17) is 9.47 Å². The van der Waals surface area contributed by atoms with Crippen molar-refractivity contribution in [3.05, 3.63) is 42.2 Å². The van der Waals surface area contributed by atoms with E-state index in [1.165, 1.54) is 23.2 Å². The molecule has 2 amide bonds. The lowest BCUT2D eigenvalue weighted by Gasteiger charge is -2.40. The number of morpholine rings is 1. The zero-order chi connectivity index (χ0) is 20.8. The zero-order valence-corrected chi connectivity index (χ0v) is 16.6. The third kappa shape index (κ3) is 3.57. The highest BCUT2D eigenvalue weighted by atomic mass is 19.1. The Morgan fingerprint density at radius 2 is 1.93 bits per heavy atom. The Kier molecular flexibility index (Phi) is 4.77. The van der Waals surface area contributed by atoms with Crippen LogP contribution in [-0.4, -0.2) is 58.4 Å². The molecule has 29 heavy (non-hydrogen) atoms. The molecular weight excluding hydrogens is 379 g/mol. The summed E-state index contributed by atoms with van der Waals surface area (Å²) in [6.45, 7) is 6.86. The lowest BCUT2D eigenvalue weighted by molar-refractivity contribution is -0.156. The number of amides is 2. The minimum Gasteiger partial charge on any atom is -0.458 e. The molecular formula is C20H23FN4O4. The normalized spacial score (nSPS) is 18.8. The van der Waals surface area contributed by atoms with E-state index in [0.717, 1.165) is 0 Å². The Hall–Kier alpha value is -2.94. The number of benzene rings is 1. The summed E-state index contributed by atoms with van der Waals surface area (Å²) in [6.07, 6.45) is 3.07. The van der Waals surface area contributed by atoms with E-state index >= 15 is 0 Å². The number of carbonyl (C=O) groups excluding carboxylic acids is 2. The number of carbonyl (C=O) groups is 2. The SMILES string of the molecule is CC(C)(C)OC(=O)C1c2cncn2-c2ccc(F)cc2N1C(=O)N1CCOCC1. The second-order valence-corrected chi connectivity index (χ2v) is 8.01. The number of imidazole rings is 1. The fraction of sp³-hybridized carbons (Fsp3) is 0.450. The van der Waals surface area contributed by atoms with E-state index in [-0.39, 0.29) is 0 Å². The average molecular weight is 402 g/mol. The summed E-state index contributed by atoms with van der Waals surface area (Å²) in [4.78, 5) is 33.7. The van der Waals surface area contributed by atoms with Crippen molar-refractivity contribution in [2.24, 2.45) is 0 Å². The van der Waals surface area contributed by atoms with Gasteiger partial charge in [-0.2, -0.15) is 0 Å². The van der Waals surface area contributed by atoms with Crippen LogP contribution in [-0.2, 0) is 14.3 Å². The fourth-order valence-electron chi connectivity index (χ4n) is 3.58. The molecule has 0 spiro atoms. The van der Waals surface area contributed by atoms with Crippen molar-refractivity contribution < 1.29 is 23.5 Å². The Morgan fingerprint density at radius 1 is 1.21 bits per heavy atom. The third-order valence-electron chi connectivity index (χ3n) is 4.78. The number of urea groups is 1. The lowest BCUT2D eigenvalue weighted by Crippen LogP contribution is -2.53. The van der Waals surface area contributed by atoms with Crippen LogP contribution in [0.25, 0.3) is 5.69 Å². The van der Waals surface area contributed by atoms with Gasteiger partial charge in [0.15, 0.2) is 6.04 Å². The molecule has 0 N–H and O–H groups in total. The molecule has 9 heteroatoms. The summed E-state index contributed by atoms with van der Waals surface area (Å²) in [5.41, 5.74) is 0.598. The fourth-order valence-corrected chi connectivity index (χ4v) is 3.58. The standard InChI is InChI=1S/C20H23FN4O4/c1-20(2,3)29-18(26)17-16-11-22-12-24(16)14-5-4-13(21)10-15(14)25(17)19(27)23-6-8-28-9-7-23/h4-5,10-12,17H,6-9H2,1-3H3. The Bertz CT molecular complexity index is 946. The van der Waals surface area contributed by atoms with Gasteiger partial charge in [0.2, 0.25) is 0 Å². The monoisotopic (exact) mass is 402 g/mol. The van der Waals surface area contributed by atoms with Crippen molar-refractivity contribution in [1.29, 1.82) is 0 Å². The summed E-state index contributed by atoms with van der Waals surface area (Å²) in [6, 6.07) is 2.66. The number of rotatable bonds is 1. The van der Waals surface area contributed by atoms with Gasteiger partial charge in [0, 0.05) is 13.1 Å². The molecule has 0 saturated carbocycles. The molecule has 1 fully saturated rings. The first-order chi connectivity index (χ1) is 13.8. The third-order valence-corrected chi connectivity index (χ3v) is 4.78. The highest BCUT2D eigenvalue weighted by molar-refractivity contribution is 6.02. The van der Waals surface area contributed by atoms with Crippen LogP contribution in [0.4, 0.5) is 14.9 Å². The number of nitrogens with zero attached hydrogens (tertiary/aromatic N) is 4. The number of anilines is 1. The number of aromatic nitrogens is 2. The average Bonchev–Trinajstić information content (AvgIpc) is 3.15. The molecule has 2 aliphatic rings. The predicted octanol–water partition coefficient (Wildman–Crippen LogP) is 2.67. The van der Waals surface area contributed by atoms with Gasteiger partial charge in [-0.25, -0.2) is 19.0 Å². The molecule has 1 aromatic carbocycles. The number of halogens is 1. The van der Waals surface area contributed by atoms with E-state index in [9.17, 15) is 14.0 Å². The van der Waals surface area contributed by atoms with E-state index in [0.29, 0.717) is 43.4 Å². The van der Waals surface area contributed by atoms with Crippen LogP contribution in [0.15, 0.2) is 30.7 Å². The molecule has 154 valence electrons. The number of hydrogen-bond acceptors (Lipinski definition) is 5. The first-order valence-electron chi connectivity index (χ1n) is 9.47. The van der Waals surface area contributed by atoms with Gasteiger partial charge in [-0.05, 0) is 39.0 Å². The van der Waals surface area contributed by atoms with Crippen molar-refractivity contribution in [3.63, 3.8) is 0 Å². The van der Waals surface area contributed by atoms with Gasteiger partial charge in [-0.3, -0.25) is 9.47 Å². The van der Waals surface area contributed by atoms with Gasteiger partial charge in [0.1, 0.15) is 11.4 Å². The minimum absolute atomic E-state index is 0.294. The van der Waals surface area contributed by atoms with Crippen molar-refractivity contribution in [3.8, 4) is 5.69 Å². The van der Waals surface area contributed by atoms with Gasteiger partial charge in [-0.15, -0.1) is 0 Å². The van der Waals surface area contributed by atoms with E-state index < -0.39 is 29.5 Å². The molecule has 1 unspecified atom stereocenters. The predicted molar refractivity (Wildman–Crippen MR) is 102 cm³/mol. The smallest absolute Gasteiger partial charge is 0.336 e. The van der Waals surface area contributed by atoms with Crippen molar-refractivity contribution in [1.82, 2.24) is 14.5 Å². The molecule has 1 atom stereocenters. The van der Waals surface area contributed by atoms with Crippen LogP contribution in [0.3, 0.4) is 0 Å². The molecule has 1 aromatic heterocycles. The molecule has 0 aliphatic carbocycles. The first-order valence-corrected chi connectivity index (χ1v) is 9.47. The molecule has 0 bridgehead atoms. The summed E-state index contributed by atoms with van der Waals surface area (Å²) in [7, 11) is 0. The van der Waals surface area contributed by atoms with E-state index in [2.05, 4.69) is 4.98 Å². The van der Waals surface area contributed by atoms with Crippen molar-refractivity contribution >= 4 is 17.7 Å². The van der Waals surface area contributed by atoms with Crippen LogP contribution >= 0.6 is 0 Å². The van der Waals surface area contributed by atoms with Crippen LogP contribution < -0.4 is 4.90 Å². The maximum atomic E-state index is 14.2. The number of hydrogen-bond donors (Lipinski definition) is 0. The number of ether oxygens (including phenoxy) is 2. The minimum atomic E-state index is -1.08. The second-order valence-electron chi connectivity index (χ2n) is 8.01. The Morgan fingerprint density at radius 3 is 2.62 bits per heavy atom. The first kappa shape index (κ1) is 19.4. The maximum Gasteiger partial charge on any atom is 0.336 e. The Labute approximate surface area is 167 Å². The molecule has 2 aliphatic heterocycles. The van der Waals surface area contributed by atoms with Gasteiger partial charge < -0.3 is 14.4 Å². The molecule has 0 radical (unpaired) electrons. The quantitative estimate of drug-likeness (QED) is 0.686. The van der Waals surface area contributed by atoms with Gasteiger partial charge >= 0.3 is 12.0 Å². The van der Waals surface area contributed by atoms with Crippen molar-refractivity contribution in [2.75, 3.05) is 31.2 Å².